The topological polar surface area (TPSA) is 87.3 Å². The van der Waals surface area contributed by atoms with Crippen molar-refractivity contribution >= 4 is 29.1 Å². The molecule has 142 valence electrons. The van der Waals surface area contributed by atoms with Crippen molar-refractivity contribution < 1.29 is 18.7 Å². The first-order chi connectivity index (χ1) is 13.1. The van der Waals surface area contributed by atoms with Crippen LogP contribution in [-0.2, 0) is 16.0 Å². The normalized spacial score (nSPS) is 12.0. The summed E-state index contributed by atoms with van der Waals surface area (Å²) in [5.41, 5.74) is 1.54. The Hall–Kier alpha value is -2.39. The summed E-state index contributed by atoms with van der Waals surface area (Å²) >= 11 is 2.99. The Kier molecular flexibility index (Phi) is 6.46. The van der Waals surface area contributed by atoms with Crippen molar-refractivity contribution in [3.8, 4) is 17.2 Å². The van der Waals surface area contributed by atoms with Crippen LogP contribution >= 0.6 is 23.1 Å². The molecule has 0 saturated heterocycles. The van der Waals surface area contributed by atoms with Crippen LogP contribution in [0, 0.1) is 0 Å². The molecular formula is C18H19N3O4S2. The van der Waals surface area contributed by atoms with E-state index in [1.807, 2.05) is 36.6 Å². The molecule has 0 spiro atoms. The monoisotopic (exact) mass is 405 g/mol. The average Bonchev–Trinajstić information content (AvgIpc) is 3.32. The Labute approximate surface area is 165 Å². The fourth-order valence-electron chi connectivity index (χ4n) is 2.23. The minimum absolute atomic E-state index is 0.0638. The largest absolute Gasteiger partial charge is 0.497 e. The maximum Gasteiger partial charge on any atom is 0.311 e. The highest BCUT2D eigenvalue weighted by molar-refractivity contribution is 8.01. The first kappa shape index (κ1) is 19.4. The van der Waals surface area contributed by atoms with Gasteiger partial charge in [0.1, 0.15) is 5.75 Å². The molecule has 2 aromatic heterocycles. The zero-order valence-electron chi connectivity index (χ0n) is 15.2. The summed E-state index contributed by atoms with van der Waals surface area (Å²) in [6.45, 7) is 4.13. The number of esters is 1. The van der Waals surface area contributed by atoms with E-state index < -0.39 is 0 Å². The minimum atomic E-state index is -0.270. The molecular weight excluding hydrogens is 386 g/mol. The lowest BCUT2D eigenvalue weighted by Crippen LogP contribution is -2.07. The quantitative estimate of drug-likeness (QED) is 0.408. The molecule has 27 heavy (non-hydrogen) atoms. The fraction of sp³-hybridized carbons (Fsp3) is 0.333. The Bertz CT molecular complexity index is 892. The Morgan fingerprint density at radius 1 is 1.30 bits per heavy atom. The number of carbonyl (C=O) groups is 1. The third kappa shape index (κ3) is 5.08. The number of rotatable bonds is 8. The lowest BCUT2D eigenvalue weighted by atomic mass is 10.2. The van der Waals surface area contributed by atoms with E-state index in [0.717, 1.165) is 15.7 Å². The van der Waals surface area contributed by atoms with Crippen LogP contribution in [0.2, 0.25) is 0 Å². The molecule has 0 fully saturated rings. The number of benzene rings is 1. The van der Waals surface area contributed by atoms with Gasteiger partial charge in [0.05, 0.1) is 31.1 Å². The van der Waals surface area contributed by atoms with Gasteiger partial charge in [0.2, 0.25) is 11.8 Å². The van der Waals surface area contributed by atoms with E-state index in [2.05, 4.69) is 15.2 Å². The predicted molar refractivity (Wildman–Crippen MR) is 103 cm³/mol. The second-order valence-corrected chi connectivity index (χ2v) is 7.97. The molecule has 1 atom stereocenters. The van der Waals surface area contributed by atoms with Crippen molar-refractivity contribution in [2.75, 3.05) is 13.7 Å². The molecule has 3 rings (SSSR count). The van der Waals surface area contributed by atoms with Gasteiger partial charge < -0.3 is 13.9 Å². The van der Waals surface area contributed by atoms with Gasteiger partial charge in [-0.15, -0.1) is 21.5 Å². The number of thiazole rings is 1. The smallest absolute Gasteiger partial charge is 0.311 e. The van der Waals surface area contributed by atoms with Crippen LogP contribution in [0.1, 0.15) is 30.7 Å². The molecule has 2 heterocycles. The van der Waals surface area contributed by atoms with Gasteiger partial charge in [-0.1, -0.05) is 11.8 Å². The first-order valence-electron chi connectivity index (χ1n) is 8.33. The van der Waals surface area contributed by atoms with E-state index in [1.165, 1.54) is 23.1 Å². The van der Waals surface area contributed by atoms with Crippen molar-refractivity contribution in [2.45, 2.75) is 29.9 Å². The molecule has 3 aromatic rings. The summed E-state index contributed by atoms with van der Waals surface area (Å²) in [6.07, 6.45) is 0.182. The number of hydrogen-bond acceptors (Lipinski definition) is 9. The number of ether oxygens (including phenoxy) is 2. The molecule has 0 aliphatic rings. The van der Waals surface area contributed by atoms with E-state index in [-0.39, 0.29) is 17.6 Å². The molecule has 0 aliphatic heterocycles. The molecule has 1 aromatic carbocycles. The van der Waals surface area contributed by atoms with Crippen molar-refractivity contribution in [1.29, 1.82) is 0 Å². The zero-order chi connectivity index (χ0) is 19.2. The first-order valence-corrected chi connectivity index (χ1v) is 10.1. The Morgan fingerprint density at radius 3 is 2.78 bits per heavy atom. The molecule has 9 heteroatoms. The van der Waals surface area contributed by atoms with Crippen LogP contribution in [0.3, 0.4) is 0 Å². The van der Waals surface area contributed by atoms with E-state index in [9.17, 15) is 4.79 Å². The van der Waals surface area contributed by atoms with Crippen molar-refractivity contribution in [3.05, 3.63) is 41.2 Å². The number of thioether (sulfide) groups is 1. The van der Waals surface area contributed by atoms with E-state index in [1.54, 1.807) is 14.0 Å². The Morgan fingerprint density at radius 2 is 2.07 bits per heavy atom. The summed E-state index contributed by atoms with van der Waals surface area (Å²) in [7, 11) is 1.62. The second-order valence-electron chi connectivity index (χ2n) is 5.52. The van der Waals surface area contributed by atoms with Crippen molar-refractivity contribution in [1.82, 2.24) is 15.2 Å². The molecule has 0 amide bonds. The lowest BCUT2D eigenvalue weighted by molar-refractivity contribution is -0.142. The summed E-state index contributed by atoms with van der Waals surface area (Å²) in [6, 6.07) is 7.43. The number of methoxy groups -OCH3 is 1. The molecule has 7 nitrogen and oxygen atoms in total. The molecule has 0 N–H and O–H groups in total. The van der Waals surface area contributed by atoms with Crippen LogP contribution in [0.15, 0.2) is 38.4 Å². The number of nitrogens with zero attached hydrogens (tertiary/aromatic N) is 3. The van der Waals surface area contributed by atoms with E-state index >= 15 is 0 Å². The molecule has 0 radical (unpaired) electrons. The minimum Gasteiger partial charge on any atom is -0.497 e. The third-order valence-electron chi connectivity index (χ3n) is 3.56. The average molecular weight is 406 g/mol. The van der Waals surface area contributed by atoms with Crippen molar-refractivity contribution in [2.24, 2.45) is 0 Å². The van der Waals surface area contributed by atoms with Gasteiger partial charge in [0.25, 0.3) is 0 Å². The van der Waals surface area contributed by atoms with Crippen LogP contribution in [0.4, 0.5) is 0 Å². The van der Waals surface area contributed by atoms with Gasteiger partial charge in [-0.3, -0.25) is 4.79 Å². The van der Waals surface area contributed by atoms with Crippen LogP contribution in [-0.4, -0.2) is 34.9 Å². The van der Waals surface area contributed by atoms with Crippen molar-refractivity contribution in [3.63, 3.8) is 0 Å². The number of aromatic nitrogens is 3. The molecule has 0 aliphatic carbocycles. The highest BCUT2D eigenvalue weighted by Crippen LogP contribution is 2.36. The van der Waals surface area contributed by atoms with E-state index in [0.29, 0.717) is 24.1 Å². The summed E-state index contributed by atoms with van der Waals surface area (Å²) in [4.78, 5) is 16.0. The SMILES string of the molecule is CCOC(=O)Cc1csc(S[C@H](C)c2nnc(-c3ccc(OC)cc3)o2)n1. The number of carbonyl (C=O) groups excluding carboxylic acids is 1. The summed E-state index contributed by atoms with van der Waals surface area (Å²) < 4.78 is 16.7. The van der Waals surface area contributed by atoms with E-state index in [4.69, 9.17) is 13.9 Å². The van der Waals surface area contributed by atoms with Gasteiger partial charge >= 0.3 is 5.97 Å². The van der Waals surface area contributed by atoms with Crippen LogP contribution in [0.25, 0.3) is 11.5 Å². The molecule has 0 bridgehead atoms. The maximum atomic E-state index is 11.5. The zero-order valence-corrected chi connectivity index (χ0v) is 16.8. The highest BCUT2D eigenvalue weighted by Gasteiger charge is 2.18. The standard InChI is InChI=1S/C18H19N3O4S2/c1-4-24-15(22)9-13-10-26-18(19-13)27-11(2)16-20-21-17(25-16)12-5-7-14(23-3)8-6-12/h5-8,10-11H,4,9H2,1-3H3/t11-/m1/s1. The van der Waals surface area contributed by atoms with Crippen LogP contribution in [0.5, 0.6) is 5.75 Å². The predicted octanol–water partition coefficient (Wildman–Crippen LogP) is 4.16. The summed E-state index contributed by atoms with van der Waals surface area (Å²) in [5, 5.41) is 10.1. The lowest BCUT2D eigenvalue weighted by Gasteiger charge is -2.03. The maximum absolute atomic E-state index is 11.5. The van der Waals surface area contributed by atoms with Crippen LogP contribution < -0.4 is 4.74 Å². The van der Waals surface area contributed by atoms with Gasteiger partial charge in [-0.2, -0.15) is 0 Å². The molecule has 0 unspecified atom stereocenters. The van der Waals surface area contributed by atoms with Gasteiger partial charge in [-0.25, -0.2) is 4.98 Å². The second kappa shape index (κ2) is 9.01. The fourth-order valence-corrected chi connectivity index (χ4v) is 4.25. The molecule has 0 saturated carbocycles. The van der Waals surface area contributed by atoms with Gasteiger partial charge in [0.15, 0.2) is 4.34 Å². The summed E-state index contributed by atoms with van der Waals surface area (Å²) in [5.74, 6) is 1.48. The van der Waals surface area contributed by atoms with Gasteiger partial charge in [0, 0.05) is 10.9 Å². The third-order valence-corrected chi connectivity index (χ3v) is 5.67. The highest BCUT2D eigenvalue weighted by atomic mass is 32.2. The number of hydrogen-bond donors (Lipinski definition) is 0. The van der Waals surface area contributed by atoms with Gasteiger partial charge in [-0.05, 0) is 38.1 Å². The Balaban J connectivity index is 1.63.